The minimum Gasteiger partial charge on any atom is -0.448 e. The monoisotopic (exact) mass is 570 g/mol. The van der Waals surface area contributed by atoms with Crippen molar-refractivity contribution in [3.8, 4) is 11.5 Å². The van der Waals surface area contributed by atoms with Crippen molar-refractivity contribution < 1.29 is 22.8 Å². The van der Waals surface area contributed by atoms with Crippen molar-refractivity contribution in [1.82, 2.24) is 0 Å². The molecule has 3 aromatic carbocycles. The number of benzene rings is 3. The molecule has 0 fully saturated rings. The van der Waals surface area contributed by atoms with Crippen LogP contribution in [-0.4, -0.2) is 11.1 Å². The van der Waals surface area contributed by atoms with Crippen LogP contribution in [0.3, 0.4) is 0 Å². The summed E-state index contributed by atoms with van der Waals surface area (Å²) in [7, 11) is 0. The van der Waals surface area contributed by atoms with Crippen molar-refractivity contribution in [2.75, 3.05) is 0 Å². The van der Waals surface area contributed by atoms with E-state index in [0.29, 0.717) is 26.3 Å². The lowest BCUT2D eigenvalue weighted by Crippen LogP contribution is -2.06. The van der Waals surface area contributed by atoms with Gasteiger partial charge in [-0.1, -0.05) is 35.0 Å². The summed E-state index contributed by atoms with van der Waals surface area (Å²) < 4.78 is 45.8. The third-order valence-electron chi connectivity index (χ3n) is 4.43. The molecule has 0 spiro atoms. The Kier molecular flexibility index (Phi) is 7.35. The van der Waals surface area contributed by atoms with Crippen LogP contribution in [-0.2, 0) is 12.6 Å². The highest BCUT2D eigenvalue weighted by atomic mass is 79.9. The Morgan fingerprint density at radius 1 is 1.09 bits per heavy atom. The molecule has 0 aliphatic rings. The van der Waals surface area contributed by atoms with Crippen LogP contribution in [0.15, 0.2) is 68.5 Å². The molecule has 10 heteroatoms. The highest BCUT2D eigenvalue weighted by Gasteiger charge is 2.33. The van der Waals surface area contributed by atoms with Gasteiger partial charge in [0.25, 0.3) is 0 Å². The molecule has 5 nitrogen and oxygen atoms in total. The molecule has 0 saturated carbocycles. The van der Waals surface area contributed by atoms with Crippen LogP contribution < -0.4 is 4.74 Å². The maximum atomic E-state index is 13.0. The van der Waals surface area contributed by atoms with Crippen molar-refractivity contribution in [3.63, 3.8) is 0 Å². The molecule has 166 valence electrons. The fraction of sp³-hybridized carbons (Fsp3) is 0.136. The smallest absolute Gasteiger partial charge is 0.416 e. The van der Waals surface area contributed by atoms with E-state index in [2.05, 4.69) is 36.9 Å². The summed E-state index contributed by atoms with van der Waals surface area (Å²) in [6, 6.07) is 13.0. The molecule has 0 bridgehead atoms. The summed E-state index contributed by atoms with van der Waals surface area (Å²) in [6.07, 6.45) is -2.30. The first kappa shape index (κ1) is 23.9. The number of hydrogen-bond donors (Lipinski definition) is 0. The lowest BCUT2D eigenvalue weighted by atomic mass is 10.1. The van der Waals surface area contributed by atoms with Crippen molar-refractivity contribution in [3.05, 3.63) is 90.3 Å². The van der Waals surface area contributed by atoms with Gasteiger partial charge < -0.3 is 4.74 Å². The molecule has 0 aliphatic carbocycles. The van der Waals surface area contributed by atoms with Crippen molar-refractivity contribution in [2.45, 2.75) is 19.5 Å². The predicted octanol–water partition coefficient (Wildman–Crippen LogP) is 8.24. The van der Waals surface area contributed by atoms with Crippen LogP contribution in [0.4, 0.5) is 24.5 Å². The number of nitro groups is 1. The van der Waals surface area contributed by atoms with Gasteiger partial charge in [0.1, 0.15) is 0 Å². The highest BCUT2D eigenvalue weighted by molar-refractivity contribution is 9.11. The summed E-state index contributed by atoms with van der Waals surface area (Å²) in [4.78, 5) is 14.9. The first-order valence-corrected chi connectivity index (χ1v) is 10.8. The zero-order valence-electron chi connectivity index (χ0n) is 16.5. The van der Waals surface area contributed by atoms with E-state index < -0.39 is 22.4 Å². The van der Waals surface area contributed by atoms with Gasteiger partial charge in [-0.2, -0.15) is 13.2 Å². The lowest BCUT2D eigenvalue weighted by Gasteiger charge is -2.13. The molecule has 0 N–H and O–H groups in total. The van der Waals surface area contributed by atoms with E-state index in [1.54, 1.807) is 12.1 Å². The average Bonchev–Trinajstić information content (AvgIpc) is 2.73. The Balaban J connectivity index is 2.01. The Morgan fingerprint density at radius 2 is 1.78 bits per heavy atom. The molecule has 3 rings (SSSR count). The fourth-order valence-corrected chi connectivity index (χ4v) is 4.12. The van der Waals surface area contributed by atoms with E-state index in [4.69, 9.17) is 4.74 Å². The highest BCUT2D eigenvalue weighted by Crippen LogP contribution is 2.41. The second kappa shape index (κ2) is 9.83. The summed E-state index contributed by atoms with van der Waals surface area (Å²) >= 11 is 6.71. The largest absolute Gasteiger partial charge is 0.448 e. The summed E-state index contributed by atoms with van der Waals surface area (Å²) in [5.41, 5.74) is 0.369. The molecule has 0 amide bonds. The minimum absolute atomic E-state index is 0.171. The molecule has 0 saturated heterocycles. The number of hydrogen-bond acceptors (Lipinski definition) is 4. The van der Waals surface area contributed by atoms with Gasteiger partial charge in [-0.3, -0.25) is 15.1 Å². The first-order valence-electron chi connectivity index (χ1n) is 9.24. The van der Waals surface area contributed by atoms with E-state index in [9.17, 15) is 23.3 Å². The molecule has 0 aliphatic heterocycles. The van der Waals surface area contributed by atoms with Gasteiger partial charge in [0.05, 0.1) is 20.6 Å². The number of alkyl halides is 3. The topological polar surface area (TPSA) is 64.7 Å². The quantitative estimate of drug-likeness (QED) is 0.170. The van der Waals surface area contributed by atoms with Crippen LogP contribution >= 0.6 is 31.9 Å². The number of rotatable bonds is 6. The molecule has 0 aromatic heterocycles. The fourth-order valence-electron chi connectivity index (χ4n) is 2.78. The average molecular weight is 572 g/mol. The van der Waals surface area contributed by atoms with Gasteiger partial charge in [-0.05, 0) is 64.3 Å². The Bertz CT molecular complexity index is 1180. The number of aliphatic imine (C=N–C) groups is 1. The molecule has 0 unspecified atom stereocenters. The van der Waals surface area contributed by atoms with Crippen LogP contribution in [0.5, 0.6) is 11.5 Å². The third kappa shape index (κ3) is 5.74. The molecule has 0 atom stereocenters. The normalized spacial score (nSPS) is 11.7. The summed E-state index contributed by atoms with van der Waals surface area (Å²) in [5.74, 6) is -0.155. The third-order valence-corrected chi connectivity index (χ3v) is 5.48. The van der Waals surface area contributed by atoms with Crippen LogP contribution in [0.25, 0.3) is 0 Å². The van der Waals surface area contributed by atoms with Crippen LogP contribution in [0.1, 0.15) is 23.6 Å². The van der Waals surface area contributed by atoms with Crippen molar-refractivity contribution in [2.24, 2.45) is 4.99 Å². The Labute approximate surface area is 198 Å². The predicted molar refractivity (Wildman–Crippen MR) is 123 cm³/mol. The van der Waals surface area contributed by atoms with Crippen LogP contribution in [0, 0.1) is 10.1 Å². The zero-order valence-corrected chi connectivity index (χ0v) is 19.7. The molecule has 0 radical (unpaired) electrons. The van der Waals surface area contributed by atoms with Gasteiger partial charge in [0.15, 0.2) is 5.75 Å². The maximum Gasteiger partial charge on any atom is 0.416 e. The standard InChI is InChI=1S/C22H15Br2F3N2O3/c1-2-13-3-6-17(7-4-13)28-12-14-9-16(23)11-18(24)21(14)32-20-8-5-15(22(25,26)27)10-19(20)29(30)31/h3-12H,2H2,1H3. The second-order valence-corrected chi connectivity index (χ2v) is 8.39. The Morgan fingerprint density at radius 3 is 2.38 bits per heavy atom. The maximum absolute atomic E-state index is 13.0. The SMILES string of the molecule is CCc1ccc(N=Cc2cc(Br)cc(Br)c2Oc2ccc(C(F)(F)F)cc2[N+](=O)[O-])cc1. The number of nitrogens with zero attached hydrogens (tertiary/aromatic N) is 2. The van der Waals surface area contributed by atoms with E-state index in [1.807, 2.05) is 31.2 Å². The zero-order chi connectivity index (χ0) is 23.5. The van der Waals surface area contributed by atoms with Gasteiger partial charge in [0, 0.05) is 22.3 Å². The first-order chi connectivity index (χ1) is 15.1. The van der Waals surface area contributed by atoms with Gasteiger partial charge in [-0.25, -0.2) is 0 Å². The van der Waals surface area contributed by atoms with Gasteiger partial charge in [-0.15, -0.1) is 0 Å². The molecular weight excluding hydrogens is 557 g/mol. The molecule has 3 aromatic rings. The van der Waals surface area contributed by atoms with Crippen molar-refractivity contribution in [1.29, 1.82) is 0 Å². The van der Waals surface area contributed by atoms with E-state index in [1.165, 1.54) is 6.21 Å². The number of ether oxygens (including phenoxy) is 1. The number of aryl methyl sites for hydroxylation is 1. The molecule has 0 heterocycles. The van der Waals surface area contributed by atoms with E-state index in [0.717, 1.165) is 24.1 Å². The van der Waals surface area contributed by atoms with Gasteiger partial charge >= 0.3 is 11.9 Å². The lowest BCUT2D eigenvalue weighted by molar-refractivity contribution is -0.385. The molecule has 32 heavy (non-hydrogen) atoms. The Hall–Kier alpha value is -2.72. The summed E-state index contributed by atoms with van der Waals surface area (Å²) in [6.45, 7) is 2.04. The number of halogens is 5. The molecular formula is C22H15Br2F3N2O3. The minimum atomic E-state index is -4.72. The van der Waals surface area contributed by atoms with Gasteiger partial charge in [0.2, 0.25) is 5.75 Å². The van der Waals surface area contributed by atoms with E-state index in [-0.39, 0.29) is 11.5 Å². The number of nitro benzene ring substituents is 1. The van der Waals surface area contributed by atoms with Crippen molar-refractivity contribution >= 4 is 49.4 Å². The van der Waals surface area contributed by atoms with E-state index >= 15 is 0 Å². The second-order valence-electron chi connectivity index (χ2n) is 6.62. The summed E-state index contributed by atoms with van der Waals surface area (Å²) in [5, 5.41) is 11.4. The van der Waals surface area contributed by atoms with Crippen LogP contribution in [0.2, 0.25) is 0 Å².